The number of aromatic nitrogens is 3. The van der Waals surface area contributed by atoms with Crippen molar-refractivity contribution in [3.8, 4) is 34.2 Å². The van der Waals surface area contributed by atoms with Gasteiger partial charge >= 0.3 is 0 Å². The molecule has 8 aromatic rings. The minimum atomic E-state index is 0.187. The SMILES string of the molecule is C1=CC(c2ccc(-c3nc(-c4ccccc4)nc(-c4cccc5ccccc45)n3)c3c2oc2ccccc23)CC2=C1CCc1ccccc12. The fraction of sp³-hybridized carbons (Fsp3) is 0.0889. The summed E-state index contributed by atoms with van der Waals surface area (Å²) in [6.07, 6.45) is 7.88. The molecule has 0 aliphatic heterocycles. The summed E-state index contributed by atoms with van der Waals surface area (Å²) in [5, 5.41) is 4.36. The van der Waals surface area contributed by atoms with Gasteiger partial charge in [-0.3, -0.25) is 0 Å². The summed E-state index contributed by atoms with van der Waals surface area (Å²) in [5.74, 6) is 2.11. The van der Waals surface area contributed by atoms with Gasteiger partial charge in [0, 0.05) is 38.9 Å². The largest absolute Gasteiger partial charge is 0.456 e. The van der Waals surface area contributed by atoms with Gasteiger partial charge in [0.15, 0.2) is 17.5 Å². The molecule has 0 spiro atoms. The highest BCUT2D eigenvalue weighted by molar-refractivity contribution is 6.13. The maximum atomic E-state index is 6.77. The molecule has 6 aromatic carbocycles. The number of furan rings is 1. The molecule has 2 aliphatic carbocycles. The van der Waals surface area contributed by atoms with Gasteiger partial charge in [0.2, 0.25) is 0 Å². The summed E-state index contributed by atoms with van der Waals surface area (Å²) in [7, 11) is 0. The van der Waals surface area contributed by atoms with E-state index >= 15 is 0 Å². The van der Waals surface area contributed by atoms with E-state index < -0.39 is 0 Å². The van der Waals surface area contributed by atoms with Crippen LogP contribution in [0.15, 0.2) is 156 Å². The molecule has 0 saturated heterocycles. The molecular formula is C45H31N3O. The van der Waals surface area contributed by atoms with E-state index in [1.165, 1.54) is 27.8 Å². The van der Waals surface area contributed by atoms with Crippen LogP contribution in [0, 0.1) is 0 Å². The molecule has 4 nitrogen and oxygen atoms in total. The smallest absolute Gasteiger partial charge is 0.164 e. The second-order valence-corrected chi connectivity index (χ2v) is 13.0. The van der Waals surface area contributed by atoms with Crippen LogP contribution in [0.25, 0.3) is 72.4 Å². The Morgan fingerprint density at radius 2 is 1.27 bits per heavy atom. The molecule has 10 rings (SSSR count). The van der Waals surface area contributed by atoms with Crippen molar-refractivity contribution < 1.29 is 4.42 Å². The van der Waals surface area contributed by atoms with Crippen LogP contribution in [-0.2, 0) is 6.42 Å². The number of benzene rings is 6. The van der Waals surface area contributed by atoms with Gasteiger partial charge in [-0.15, -0.1) is 0 Å². The standard InChI is InChI=1S/C45H31N3O/c1-2-13-31(14-3-1)43-46-44(36-19-10-15-28-11-4-6-16-33(28)36)48-45(47-43)38-26-25-35(42-41(38)37-18-8-9-20-40(37)49-42)32-24-23-30-22-21-29-12-5-7-17-34(29)39(30)27-32/h1-20,23-26,32H,21-22,27H2. The third-order valence-corrected chi connectivity index (χ3v) is 10.2. The third kappa shape index (κ3) is 4.63. The van der Waals surface area contributed by atoms with Crippen LogP contribution in [-0.4, -0.2) is 15.0 Å². The van der Waals surface area contributed by atoms with Gasteiger partial charge < -0.3 is 4.42 Å². The van der Waals surface area contributed by atoms with Crippen LogP contribution in [0.3, 0.4) is 0 Å². The number of fused-ring (bicyclic) bond motifs is 6. The fourth-order valence-corrected chi connectivity index (χ4v) is 7.86. The Morgan fingerprint density at radius 1 is 0.551 bits per heavy atom. The van der Waals surface area contributed by atoms with E-state index in [4.69, 9.17) is 19.4 Å². The van der Waals surface area contributed by atoms with Gasteiger partial charge in [-0.05, 0) is 64.4 Å². The first-order valence-electron chi connectivity index (χ1n) is 17.0. The summed E-state index contributed by atoms with van der Waals surface area (Å²) >= 11 is 0. The van der Waals surface area contributed by atoms with Crippen molar-refractivity contribution in [3.63, 3.8) is 0 Å². The number of para-hydroxylation sites is 1. The average molecular weight is 630 g/mol. The molecule has 232 valence electrons. The van der Waals surface area contributed by atoms with E-state index in [-0.39, 0.29) is 5.92 Å². The van der Waals surface area contributed by atoms with Crippen molar-refractivity contribution in [2.24, 2.45) is 0 Å². The quantitative estimate of drug-likeness (QED) is 0.194. The Hall–Kier alpha value is -6.13. The fourth-order valence-electron chi connectivity index (χ4n) is 7.86. The molecule has 2 aliphatic rings. The highest BCUT2D eigenvalue weighted by Crippen LogP contribution is 2.46. The highest BCUT2D eigenvalue weighted by Gasteiger charge is 2.28. The number of rotatable bonds is 4. The molecule has 1 unspecified atom stereocenters. The topological polar surface area (TPSA) is 51.8 Å². The predicted molar refractivity (Wildman–Crippen MR) is 199 cm³/mol. The summed E-state index contributed by atoms with van der Waals surface area (Å²) in [6.45, 7) is 0. The molecule has 0 saturated carbocycles. The van der Waals surface area contributed by atoms with Crippen LogP contribution in [0.5, 0.6) is 0 Å². The van der Waals surface area contributed by atoms with E-state index in [1.807, 2.05) is 24.3 Å². The van der Waals surface area contributed by atoms with Gasteiger partial charge in [0.25, 0.3) is 0 Å². The van der Waals surface area contributed by atoms with Gasteiger partial charge in [0.05, 0.1) is 0 Å². The zero-order chi connectivity index (χ0) is 32.3. The van der Waals surface area contributed by atoms with Crippen molar-refractivity contribution in [1.82, 2.24) is 15.0 Å². The molecule has 49 heavy (non-hydrogen) atoms. The number of nitrogens with zero attached hydrogens (tertiary/aromatic N) is 3. The molecule has 0 amide bonds. The highest BCUT2D eigenvalue weighted by atomic mass is 16.3. The monoisotopic (exact) mass is 629 g/mol. The molecule has 4 heteroatoms. The number of hydrogen-bond donors (Lipinski definition) is 0. The normalized spacial score (nSPS) is 15.6. The maximum absolute atomic E-state index is 6.77. The minimum Gasteiger partial charge on any atom is -0.456 e. The number of allylic oxidation sites excluding steroid dienone is 4. The summed E-state index contributed by atoms with van der Waals surface area (Å²) in [6, 6.07) is 46.5. The van der Waals surface area contributed by atoms with Gasteiger partial charge in [-0.1, -0.05) is 133 Å². The molecule has 2 aromatic heterocycles. The Labute approximate surface area is 284 Å². The van der Waals surface area contributed by atoms with Gasteiger partial charge in [0.1, 0.15) is 11.2 Å². The van der Waals surface area contributed by atoms with E-state index in [2.05, 4.69) is 121 Å². The molecule has 0 bridgehead atoms. The van der Waals surface area contributed by atoms with Crippen LogP contribution in [0.1, 0.15) is 35.4 Å². The zero-order valence-corrected chi connectivity index (χ0v) is 26.8. The second-order valence-electron chi connectivity index (χ2n) is 13.0. The van der Waals surface area contributed by atoms with E-state index in [0.29, 0.717) is 17.5 Å². The summed E-state index contributed by atoms with van der Waals surface area (Å²) in [5.41, 5.74) is 11.6. The van der Waals surface area contributed by atoms with E-state index in [1.54, 1.807) is 0 Å². The Bertz CT molecular complexity index is 2640. The van der Waals surface area contributed by atoms with Crippen molar-refractivity contribution in [2.45, 2.75) is 25.2 Å². The predicted octanol–water partition coefficient (Wildman–Crippen LogP) is 11.4. The van der Waals surface area contributed by atoms with Crippen molar-refractivity contribution in [3.05, 3.63) is 168 Å². The average Bonchev–Trinajstić information content (AvgIpc) is 3.57. The Kier molecular flexibility index (Phi) is 6.41. The first kappa shape index (κ1) is 27.9. The Balaban J connectivity index is 1.18. The Morgan fingerprint density at radius 3 is 2.18 bits per heavy atom. The van der Waals surface area contributed by atoms with Crippen molar-refractivity contribution in [1.29, 1.82) is 0 Å². The molecule has 2 heterocycles. The summed E-state index contributed by atoms with van der Waals surface area (Å²) < 4.78 is 6.77. The van der Waals surface area contributed by atoms with Gasteiger partial charge in [-0.25, -0.2) is 15.0 Å². The lowest BCUT2D eigenvalue weighted by Gasteiger charge is -2.28. The maximum Gasteiger partial charge on any atom is 0.164 e. The zero-order valence-electron chi connectivity index (χ0n) is 26.8. The second kappa shape index (κ2) is 11.2. The van der Waals surface area contributed by atoms with Gasteiger partial charge in [-0.2, -0.15) is 0 Å². The number of aryl methyl sites for hydroxylation is 1. The molecule has 0 N–H and O–H groups in total. The summed E-state index contributed by atoms with van der Waals surface area (Å²) in [4.78, 5) is 15.4. The van der Waals surface area contributed by atoms with E-state index in [9.17, 15) is 0 Å². The van der Waals surface area contributed by atoms with E-state index in [0.717, 1.165) is 68.7 Å². The first-order chi connectivity index (χ1) is 24.3. The van der Waals surface area contributed by atoms with Crippen molar-refractivity contribution in [2.75, 3.05) is 0 Å². The van der Waals surface area contributed by atoms with Crippen LogP contribution in [0.2, 0.25) is 0 Å². The lowest BCUT2D eigenvalue weighted by atomic mass is 9.76. The van der Waals surface area contributed by atoms with Crippen LogP contribution >= 0.6 is 0 Å². The van der Waals surface area contributed by atoms with Crippen molar-refractivity contribution >= 4 is 38.3 Å². The molecule has 0 fully saturated rings. The molecular weight excluding hydrogens is 599 g/mol. The lowest BCUT2D eigenvalue weighted by molar-refractivity contribution is 0.657. The van der Waals surface area contributed by atoms with Crippen LogP contribution < -0.4 is 0 Å². The lowest BCUT2D eigenvalue weighted by Crippen LogP contribution is -2.10. The molecule has 1 atom stereocenters. The van der Waals surface area contributed by atoms with Crippen LogP contribution in [0.4, 0.5) is 0 Å². The number of hydrogen-bond acceptors (Lipinski definition) is 4. The molecule has 0 radical (unpaired) electrons. The first-order valence-corrected chi connectivity index (χ1v) is 17.0. The third-order valence-electron chi connectivity index (χ3n) is 10.2. The minimum absolute atomic E-state index is 0.187.